The standard InChI is InChI=1S/C14H23NO2/c1-9(2)13(16)8-15-7-12-5-10(3)14(17)11(4)6-12/h5-6,9,13,15-17H,7-8H2,1-4H3. The number of aliphatic hydroxyl groups is 1. The largest absolute Gasteiger partial charge is 0.507 e. The second-order valence-corrected chi connectivity index (χ2v) is 5.02. The van der Waals surface area contributed by atoms with Crippen molar-refractivity contribution >= 4 is 0 Å². The molecule has 1 aromatic rings. The minimum atomic E-state index is -0.311. The SMILES string of the molecule is Cc1cc(CNCC(O)C(C)C)cc(C)c1O. The van der Waals surface area contributed by atoms with Crippen molar-refractivity contribution in [2.24, 2.45) is 5.92 Å². The quantitative estimate of drug-likeness (QED) is 0.735. The fraction of sp³-hybridized carbons (Fsp3) is 0.571. The van der Waals surface area contributed by atoms with Gasteiger partial charge in [-0.05, 0) is 36.5 Å². The molecule has 0 fully saturated rings. The van der Waals surface area contributed by atoms with Gasteiger partial charge >= 0.3 is 0 Å². The van der Waals surface area contributed by atoms with Crippen LogP contribution in [0.5, 0.6) is 5.75 Å². The topological polar surface area (TPSA) is 52.5 Å². The first kappa shape index (κ1) is 14.0. The third-order valence-corrected chi connectivity index (χ3v) is 3.00. The van der Waals surface area contributed by atoms with Gasteiger partial charge in [0, 0.05) is 13.1 Å². The fourth-order valence-electron chi connectivity index (χ4n) is 1.75. The molecule has 17 heavy (non-hydrogen) atoms. The van der Waals surface area contributed by atoms with E-state index in [1.807, 2.05) is 39.8 Å². The molecule has 0 spiro atoms. The van der Waals surface area contributed by atoms with Gasteiger partial charge in [-0.25, -0.2) is 0 Å². The predicted octanol–water partition coefficient (Wildman–Crippen LogP) is 2.12. The maximum Gasteiger partial charge on any atom is 0.121 e. The van der Waals surface area contributed by atoms with Crippen molar-refractivity contribution in [1.82, 2.24) is 5.32 Å². The lowest BCUT2D eigenvalue weighted by Crippen LogP contribution is -2.30. The van der Waals surface area contributed by atoms with Gasteiger partial charge < -0.3 is 15.5 Å². The minimum absolute atomic E-state index is 0.269. The molecule has 0 radical (unpaired) electrons. The molecule has 0 aromatic heterocycles. The van der Waals surface area contributed by atoms with Gasteiger partial charge in [-0.3, -0.25) is 0 Å². The summed E-state index contributed by atoms with van der Waals surface area (Å²) in [6.45, 7) is 9.11. The second-order valence-electron chi connectivity index (χ2n) is 5.02. The molecule has 96 valence electrons. The van der Waals surface area contributed by atoms with E-state index < -0.39 is 0 Å². The van der Waals surface area contributed by atoms with Crippen molar-refractivity contribution in [3.63, 3.8) is 0 Å². The third-order valence-electron chi connectivity index (χ3n) is 3.00. The summed E-state index contributed by atoms with van der Waals surface area (Å²) in [5.41, 5.74) is 2.92. The molecule has 3 heteroatoms. The maximum absolute atomic E-state index is 9.66. The highest BCUT2D eigenvalue weighted by Crippen LogP contribution is 2.22. The first-order valence-electron chi connectivity index (χ1n) is 6.09. The Morgan fingerprint density at radius 1 is 1.18 bits per heavy atom. The molecule has 0 saturated heterocycles. The fourth-order valence-corrected chi connectivity index (χ4v) is 1.75. The summed E-state index contributed by atoms with van der Waals surface area (Å²) in [5, 5.41) is 22.5. The average Bonchev–Trinajstić information content (AvgIpc) is 2.25. The van der Waals surface area contributed by atoms with E-state index in [1.165, 1.54) is 0 Å². The number of nitrogens with one attached hydrogen (secondary N) is 1. The van der Waals surface area contributed by atoms with Crippen LogP contribution in [0.25, 0.3) is 0 Å². The van der Waals surface area contributed by atoms with E-state index >= 15 is 0 Å². The Balaban J connectivity index is 2.53. The van der Waals surface area contributed by atoms with Crippen LogP contribution in [-0.2, 0) is 6.54 Å². The van der Waals surface area contributed by atoms with Crippen LogP contribution < -0.4 is 5.32 Å². The number of phenolic OH excluding ortho intramolecular Hbond substituents is 1. The van der Waals surface area contributed by atoms with Crippen LogP contribution in [0.4, 0.5) is 0 Å². The molecule has 0 aliphatic carbocycles. The van der Waals surface area contributed by atoms with Crippen molar-refractivity contribution in [2.75, 3.05) is 6.54 Å². The van der Waals surface area contributed by atoms with Gasteiger partial charge in [0.25, 0.3) is 0 Å². The molecule has 3 nitrogen and oxygen atoms in total. The number of aliphatic hydroxyl groups excluding tert-OH is 1. The van der Waals surface area contributed by atoms with Crippen LogP contribution >= 0.6 is 0 Å². The van der Waals surface area contributed by atoms with E-state index in [2.05, 4.69) is 5.32 Å². The molecular weight excluding hydrogens is 214 g/mol. The molecule has 1 rings (SSSR count). The Kier molecular flexibility index (Phi) is 4.97. The predicted molar refractivity (Wildman–Crippen MR) is 70.1 cm³/mol. The molecule has 1 atom stereocenters. The van der Waals surface area contributed by atoms with Crippen LogP contribution in [0.15, 0.2) is 12.1 Å². The van der Waals surface area contributed by atoms with Crippen molar-refractivity contribution in [3.05, 3.63) is 28.8 Å². The van der Waals surface area contributed by atoms with E-state index in [-0.39, 0.29) is 12.0 Å². The highest BCUT2D eigenvalue weighted by atomic mass is 16.3. The summed E-state index contributed by atoms with van der Waals surface area (Å²) in [5.74, 6) is 0.641. The molecule has 0 heterocycles. The number of aryl methyl sites for hydroxylation is 2. The van der Waals surface area contributed by atoms with Crippen LogP contribution in [-0.4, -0.2) is 22.9 Å². The first-order valence-corrected chi connectivity index (χ1v) is 6.09. The van der Waals surface area contributed by atoms with Gasteiger partial charge in [-0.15, -0.1) is 0 Å². The van der Waals surface area contributed by atoms with Crippen LogP contribution in [0.1, 0.15) is 30.5 Å². The van der Waals surface area contributed by atoms with Crippen molar-refractivity contribution in [3.8, 4) is 5.75 Å². The smallest absolute Gasteiger partial charge is 0.121 e. The van der Waals surface area contributed by atoms with Crippen molar-refractivity contribution < 1.29 is 10.2 Å². The number of aromatic hydroxyl groups is 1. The zero-order valence-electron chi connectivity index (χ0n) is 11.1. The van der Waals surface area contributed by atoms with Crippen LogP contribution in [0.3, 0.4) is 0 Å². The Morgan fingerprint density at radius 3 is 2.18 bits per heavy atom. The summed E-state index contributed by atoms with van der Waals surface area (Å²) in [4.78, 5) is 0. The molecule has 3 N–H and O–H groups in total. The summed E-state index contributed by atoms with van der Waals surface area (Å²) < 4.78 is 0. The van der Waals surface area contributed by atoms with Crippen molar-refractivity contribution in [1.29, 1.82) is 0 Å². The highest BCUT2D eigenvalue weighted by Gasteiger charge is 2.08. The zero-order chi connectivity index (χ0) is 13.0. The number of rotatable bonds is 5. The zero-order valence-corrected chi connectivity index (χ0v) is 11.1. The van der Waals surface area contributed by atoms with Gasteiger partial charge in [0.05, 0.1) is 6.10 Å². The molecule has 0 saturated carbocycles. The van der Waals surface area contributed by atoms with Crippen LogP contribution in [0.2, 0.25) is 0 Å². The van der Waals surface area contributed by atoms with E-state index in [0.29, 0.717) is 18.8 Å². The molecule has 0 amide bonds. The molecule has 0 bridgehead atoms. The van der Waals surface area contributed by atoms with E-state index in [1.54, 1.807) is 0 Å². The molecule has 0 aliphatic rings. The number of phenols is 1. The summed E-state index contributed by atoms with van der Waals surface area (Å²) in [7, 11) is 0. The average molecular weight is 237 g/mol. The Morgan fingerprint density at radius 2 is 1.71 bits per heavy atom. The summed E-state index contributed by atoms with van der Waals surface area (Å²) in [6.07, 6.45) is -0.311. The Labute approximate surface area is 103 Å². The van der Waals surface area contributed by atoms with Gasteiger partial charge in [-0.1, -0.05) is 26.0 Å². The van der Waals surface area contributed by atoms with Crippen molar-refractivity contribution in [2.45, 2.75) is 40.3 Å². The second kappa shape index (κ2) is 6.03. The van der Waals surface area contributed by atoms with E-state index in [9.17, 15) is 10.2 Å². The van der Waals surface area contributed by atoms with E-state index in [0.717, 1.165) is 16.7 Å². The lowest BCUT2D eigenvalue weighted by molar-refractivity contribution is 0.123. The maximum atomic E-state index is 9.66. The lowest BCUT2D eigenvalue weighted by Gasteiger charge is -2.15. The third kappa shape index (κ3) is 4.02. The molecule has 1 unspecified atom stereocenters. The van der Waals surface area contributed by atoms with Gasteiger partial charge in [0.15, 0.2) is 0 Å². The Bertz CT molecular complexity index is 351. The lowest BCUT2D eigenvalue weighted by atomic mass is 10.1. The van der Waals surface area contributed by atoms with Gasteiger partial charge in [0.1, 0.15) is 5.75 Å². The molecule has 1 aromatic carbocycles. The number of hydrogen-bond acceptors (Lipinski definition) is 3. The molecular formula is C14H23NO2. The monoisotopic (exact) mass is 237 g/mol. The summed E-state index contributed by atoms with van der Waals surface area (Å²) >= 11 is 0. The van der Waals surface area contributed by atoms with E-state index in [4.69, 9.17) is 0 Å². The van der Waals surface area contributed by atoms with Gasteiger partial charge in [-0.2, -0.15) is 0 Å². The molecule has 0 aliphatic heterocycles. The van der Waals surface area contributed by atoms with Gasteiger partial charge in [0.2, 0.25) is 0 Å². The Hall–Kier alpha value is -1.06. The first-order chi connectivity index (χ1) is 7.91. The number of benzene rings is 1. The van der Waals surface area contributed by atoms with Crippen LogP contribution in [0, 0.1) is 19.8 Å². The minimum Gasteiger partial charge on any atom is -0.507 e. The normalized spacial score (nSPS) is 13.1. The number of hydrogen-bond donors (Lipinski definition) is 3. The summed E-state index contributed by atoms with van der Waals surface area (Å²) in [6, 6.07) is 3.94. The highest BCUT2D eigenvalue weighted by molar-refractivity contribution is 5.42.